The van der Waals surface area contributed by atoms with E-state index in [1.807, 2.05) is 13.8 Å². The average molecular weight is 309 g/mol. The van der Waals surface area contributed by atoms with E-state index in [0.717, 1.165) is 11.1 Å². The third-order valence-electron chi connectivity index (χ3n) is 2.56. The topological polar surface area (TPSA) is 97.5 Å². The zero-order chi connectivity index (χ0) is 16.0. The lowest BCUT2D eigenvalue weighted by Crippen LogP contribution is -1.96. The van der Waals surface area contributed by atoms with Crippen LogP contribution in [0.2, 0.25) is 0 Å². The van der Waals surface area contributed by atoms with Gasteiger partial charge in [-0.3, -0.25) is 14.7 Å². The molecule has 0 aliphatic carbocycles. The molecule has 0 unspecified atom stereocenters. The van der Waals surface area contributed by atoms with E-state index in [1.165, 1.54) is 24.3 Å². The molecule has 2 rings (SSSR count). The second-order valence-corrected chi connectivity index (χ2v) is 5.80. The van der Waals surface area contributed by atoms with Crippen molar-refractivity contribution in [1.82, 2.24) is 0 Å². The summed E-state index contributed by atoms with van der Waals surface area (Å²) in [6.07, 6.45) is 0. The molecule has 0 atom stereocenters. The summed E-state index contributed by atoms with van der Waals surface area (Å²) < 4.78 is 29.6. The van der Waals surface area contributed by atoms with Gasteiger partial charge in [0, 0.05) is 12.1 Å². The van der Waals surface area contributed by atoms with Crippen molar-refractivity contribution in [2.24, 2.45) is 0 Å². The maximum atomic E-state index is 10.5. The molecule has 0 aromatic heterocycles. The van der Waals surface area contributed by atoms with Crippen LogP contribution in [0.5, 0.6) is 0 Å². The smallest absolute Gasteiger partial charge is 0.282 e. The van der Waals surface area contributed by atoms with E-state index < -0.39 is 15.0 Å². The van der Waals surface area contributed by atoms with Crippen LogP contribution in [0.3, 0.4) is 0 Å². The van der Waals surface area contributed by atoms with E-state index in [0.29, 0.717) is 0 Å². The minimum atomic E-state index is -4.02. The van der Waals surface area contributed by atoms with Crippen LogP contribution >= 0.6 is 0 Å². The Morgan fingerprint density at radius 2 is 1.29 bits per heavy atom. The largest absolute Gasteiger partial charge is 0.294 e. The highest BCUT2D eigenvalue weighted by atomic mass is 32.2. The number of nitrogens with zero attached hydrogens (tertiary/aromatic N) is 1. The van der Waals surface area contributed by atoms with Crippen molar-refractivity contribution in [2.75, 3.05) is 0 Å². The van der Waals surface area contributed by atoms with Gasteiger partial charge in [0.2, 0.25) is 0 Å². The maximum Gasteiger partial charge on any atom is 0.294 e. The highest BCUT2D eigenvalue weighted by Gasteiger charge is 2.06. The van der Waals surface area contributed by atoms with Gasteiger partial charge in [-0.25, -0.2) is 0 Å². The molecule has 0 bridgehead atoms. The third-order valence-corrected chi connectivity index (χ3v) is 3.43. The molecular weight excluding hydrogens is 294 g/mol. The molecule has 0 spiro atoms. The molecule has 6 nitrogen and oxygen atoms in total. The number of rotatable bonds is 2. The zero-order valence-corrected chi connectivity index (χ0v) is 12.4. The van der Waals surface area contributed by atoms with Gasteiger partial charge in [0.1, 0.15) is 0 Å². The number of non-ortho nitro benzene ring substituents is 1. The van der Waals surface area contributed by atoms with Gasteiger partial charge in [-0.2, -0.15) is 8.42 Å². The van der Waals surface area contributed by atoms with Crippen LogP contribution in [0.15, 0.2) is 53.4 Å². The van der Waals surface area contributed by atoms with Crippen molar-refractivity contribution in [2.45, 2.75) is 18.7 Å². The zero-order valence-electron chi connectivity index (χ0n) is 11.6. The molecular formula is C14H15NO5S. The number of aryl methyl sites for hydroxylation is 2. The summed E-state index contributed by atoms with van der Waals surface area (Å²) in [5, 5.41) is 10.1. The minimum absolute atomic E-state index is 0.0666. The molecule has 7 heteroatoms. The standard InChI is InChI=1S/C7H7NO2.C7H8O3S/c1-6-2-4-7(5-3-6)8(9)10;1-6-2-4-7(5-3-6)11(8,9)10/h2-5H,1H3;2-5H,1H3,(H,8,9,10). The predicted octanol–water partition coefficient (Wildman–Crippen LogP) is 3.14. The number of nitro groups is 1. The summed E-state index contributed by atoms with van der Waals surface area (Å²) in [6, 6.07) is 12.4. The monoisotopic (exact) mass is 309 g/mol. The van der Waals surface area contributed by atoms with Crippen molar-refractivity contribution >= 4 is 15.8 Å². The summed E-state index contributed by atoms with van der Waals surface area (Å²) >= 11 is 0. The molecule has 0 amide bonds. The first kappa shape index (κ1) is 16.8. The molecule has 0 aliphatic heterocycles. The first-order valence-electron chi connectivity index (χ1n) is 5.95. The summed E-state index contributed by atoms with van der Waals surface area (Å²) in [6.45, 7) is 3.73. The molecule has 0 radical (unpaired) electrons. The van der Waals surface area contributed by atoms with E-state index >= 15 is 0 Å². The highest BCUT2D eigenvalue weighted by Crippen LogP contribution is 2.10. The van der Waals surface area contributed by atoms with Gasteiger partial charge in [-0.05, 0) is 26.0 Å². The van der Waals surface area contributed by atoms with Crippen LogP contribution < -0.4 is 0 Å². The number of hydrogen-bond acceptors (Lipinski definition) is 4. The van der Waals surface area contributed by atoms with Gasteiger partial charge < -0.3 is 0 Å². The van der Waals surface area contributed by atoms with Crippen LogP contribution in [0.1, 0.15) is 11.1 Å². The molecule has 0 aliphatic rings. The van der Waals surface area contributed by atoms with Crippen molar-refractivity contribution in [3.63, 3.8) is 0 Å². The molecule has 21 heavy (non-hydrogen) atoms. The van der Waals surface area contributed by atoms with E-state index in [9.17, 15) is 18.5 Å². The van der Waals surface area contributed by atoms with E-state index in [-0.39, 0.29) is 10.6 Å². The Bertz CT molecular complexity index is 706. The fourth-order valence-corrected chi connectivity index (χ4v) is 1.86. The van der Waals surface area contributed by atoms with Crippen molar-refractivity contribution in [1.29, 1.82) is 0 Å². The predicted molar refractivity (Wildman–Crippen MR) is 78.8 cm³/mol. The second kappa shape index (κ2) is 6.96. The molecule has 0 saturated heterocycles. The van der Waals surface area contributed by atoms with Gasteiger partial charge in [-0.1, -0.05) is 35.4 Å². The van der Waals surface area contributed by atoms with Crippen LogP contribution in [-0.4, -0.2) is 17.9 Å². The molecule has 0 heterocycles. The van der Waals surface area contributed by atoms with Crippen molar-refractivity contribution in [3.05, 3.63) is 69.8 Å². The Morgan fingerprint density at radius 1 is 0.905 bits per heavy atom. The Hall–Kier alpha value is -2.25. The van der Waals surface area contributed by atoms with Gasteiger partial charge in [0.05, 0.1) is 9.82 Å². The molecule has 0 saturated carbocycles. The average Bonchev–Trinajstić information content (AvgIpc) is 2.39. The molecule has 2 aromatic carbocycles. The third kappa shape index (κ3) is 5.72. The Morgan fingerprint density at radius 3 is 1.62 bits per heavy atom. The maximum absolute atomic E-state index is 10.5. The lowest BCUT2D eigenvalue weighted by molar-refractivity contribution is -0.384. The summed E-state index contributed by atoms with van der Waals surface area (Å²) in [5.74, 6) is 0. The first-order chi connectivity index (χ1) is 9.70. The van der Waals surface area contributed by atoms with E-state index in [1.54, 1.807) is 24.3 Å². The van der Waals surface area contributed by atoms with Crippen molar-refractivity contribution in [3.8, 4) is 0 Å². The quantitative estimate of drug-likeness (QED) is 0.522. The number of hydrogen-bond donors (Lipinski definition) is 1. The molecule has 112 valence electrons. The lowest BCUT2D eigenvalue weighted by atomic mass is 10.2. The fourth-order valence-electron chi connectivity index (χ4n) is 1.38. The van der Waals surface area contributed by atoms with Gasteiger partial charge in [0.15, 0.2) is 0 Å². The van der Waals surface area contributed by atoms with Crippen LogP contribution in [0, 0.1) is 24.0 Å². The van der Waals surface area contributed by atoms with Gasteiger partial charge >= 0.3 is 0 Å². The van der Waals surface area contributed by atoms with Gasteiger partial charge in [0.25, 0.3) is 15.8 Å². The SMILES string of the molecule is Cc1ccc(S(=O)(=O)O)cc1.Cc1ccc([N+](=O)[O-])cc1. The molecule has 2 aromatic rings. The summed E-state index contributed by atoms with van der Waals surface area (Å²) in [5.41, 5.74) is 2.13. The fraction of sp³-hybridized carbons (Fsp3) is 0.143. The highest BCUT2D eigenvalue weighted by molar-refractivity contribution is 7.85. The first-order valence-corrected chi connectivity index (χ1v) is 7.39. The van der Waals surface area contributed by atoms with E-state index in [4.69, 9.17) is 4.55 Å². The lowest BCUT2D eigenvalue weighted by Gasteiger charge is -1.95. The number of benzene rings is 2. The summed E-state index contributed by atoms with van der Waals surface area (Å²) in [4.78, 5) is 9.65. The Labute approximate surface area is 123 Å². The molecule has 1 N–H and O–H groups in total. The van der Waals surface area contributed by atoms with Gasteiger partial charge in [-0.15, -0.1) is 0 Å². The normalized spacial score (nSPS) is 10.4. The Kier molecular flexibility index (Phi) is 5.57. The van der Waals surface area contributed by atoms with Crippen LogP contribution in [0.25, 0.3) is 0 Å². The van der Waals surface area contributed by atoms with Crippen LogP contribution in [-0.2, 0) is 10.1 Å². The second-order valence-electron chi connectivity index (χ2n) is 4.38. The van der Waals surface area contributed by atoms with E-state index in [2.05, 4.69) is 0 Å². The minimum Gasteiger partial charge on any atom is -0.282 e. The Balaban J connectivity index is 0.000000211. The summed E-state index contributed by atoms with van der Waals surface area (Å²) in [7, 11) is -4.02. The number of nitro benzene ring substituents is 1. The van der Waals surface area contributed by atoms with Crippen LogP contribution in [0.4, 0.5) is 5.69 Å². The van der Waals surface area contributed by atoms with Crippen molar-refractivity contribution < 1.29 is 17.9 Å². The molecule has 0 fully saturated rings.